The number of aliphatic hydroxyl groups is 3. The number of hydrogen-bond acceptors (Lipinski definition) is 6. The van der Waals surface area contributed by atoms with Gasteiger partial charge in [0.05, 0.1) is 0 Å². The lowest BCUT2D eigenvalue weighted by molar-refractivity contribution is -0.171. The Morgan fingerprint density at radius 2 is 1.63 bits per heavy atom. The van der Waals surface area contributed by atoms with Crippen molar-refractivity contribution < 1.29 is 34.8 Å². The van der Waals surface area contributed by atoms with Gasteiger partial charge in [0, 0.05) is 25.7 Å². The first-order valence-corrected chi connectivity index (χ1v) is 6.26. The number of ether oxygens (including phenoxy) is 1. The van der Waals surface area contributed by atoms with Gasteiger partial charge in [-0.1, -0.05) is 6.92 Å². The van der Waals surface area contributed by atoms with Crippen LogP contribution < -0.4 is 0 Å². The van der Waals surface area contributed by atoms with Gasteiger partial charge in [0.2, 0.25) is 6.29 Å². The molecule has 0 spiro atoms. The third kappa shape index (κ3) is 11.6. The first-order chi connectivity index (χ1) is 8.81. The van der Waals surface area contributed by atoms with Gasteiger partial charge in [0.15, 0.2) is 6.29 Å². The number of carbonyl (C=O) groups excluding carboxylic acids is 1. The molecule has 0 fully saturated rings. The van der Waals surface area contributed by atoms with Gasteiger partial charge >= 0.3 is 11.9 Å². The molecule has 0 saturated carbocycles. The summed E-state index contributed by atoms with van der Waals surface area (Å²) in [6.45, 7) is 1.70. The molecule has 112 valence electrons. The maximum Gasteiger partial charge on any atom is 0.308 e. The third-order valence-corrected chi connectivity index (χ3v) is 2.51. The normalized spacial score (nSPS) is 14.2. The summed E-state index contributed by atoms with van der Waals surface area (Å²) in [7, 11) is 0. The molecular weight excluding hydrogens is 256 g/mol. The zero-order chi connectivity index (χ0) is 14.8. The number of carbonyl (C=O) groups is 2. The highest BCUT2D eigenvalue weighted by Gasteiger charge is 2.16. The molecule has 0 bridgehead atoms. The van der Waals surface area contributed by atoms with Gasteiger partial charge in [-0.05, 0) is 18.8 Å². The second-order valence-corrected chi connectivity index (χ2v) is 4.60. The quantitative estimate of drug-likeness (QED) is 0.256. The summed E-state index contributed by atoms with van der Waals surface area (Å²) in [5, 5.41) is 35.3. The van der Waals surface area contributed by atoms with Gasteiger partial charge in [-0.3, -0.25) is 9.59 Å². The highest BCUT2D eigenvalue weighted by atomic mass is 16.6. The Morgan fingerprint density at radius 1 is 1.05 bits per heavy atom. The molecule has 0 aromatic carbocycles. The van der Waals surface area contributed by atoms with Crippen molar-refractivity contribution in [2.75, 3.05) is 0 Å². The van der Waals surface area contributed by atoms with Crippen molar-refractivity contribution >= 4 is 11.9 Å². The lowest BCUT2D eigenvalue weighted by atomic mass is 10.0. The number of carboxylic acids is 1. The van der Waals surface area contributed by atoms with Gasteiger partial charge in [0.25, 0.3) is 0 Å². The van der Waals surface area contributed by atoms with Crippen LogP contribution in [0.1, 0.15) is 45.4 Å². The zero-order valence-electron chi connectivity index (χ0n) is 11.0. The second kappa shape index (κ2) is 9.71. The molecule has 0 aliphatic heterocycles. The topological polar surface area (TPSA) is 124 Å². The number of rotatable bonds is 10. The van der Waals surface area contributed by atoms with Gasteiger partial charge in [-0.15, -0.1) is 0 Å². The van der Waals surface area contributed by atoms with Crippen molar-refractivity contribution in [1.82, 2.24) is 0 Å². The van der Waals surface area contributed by atoms with E-state index in [0.717, 1.165) is 0 Å². The summed E-state index contributed by atoms with van der Waals surface area (Å²) < 4.78 is 4.72. The molecule has 7 heteroatoms. The van der Waals surface area contributed by atoms with Crippen LogP contribution in [0.5, 0.6) is 0 Å². The summed E-state index contributed by atoms with van der Waals surface area (Å²) in [5.41, 5.74) is 0. The number of aliphatic hydroxyl groups excluding tert-OH is 2. The van der Waals surface area contributed by atoms with E-state index in [9.17, 15) is 14.7 Å². The Hall–Kier alpha value is -1.18. The average Bonchev–Trinajstić information content (AvgIpc) is 2.22. The van der Waals surface area contributed by atoms with E-state index in [2.05, 4.69) is 0 Å². The van der Waals surface area contributed by atoms with Crippen molar-refractivity contribution in [1.29, 1.82) is 0 Å². The van der Waals surface area contributed by atoms with Gasteiger partial charge in [-0.25, -0.2) is 0 Å². The van der Waals surface area contributed by atoms with Crippen LogP contribution in [-0.4, -0.2) is 44.9 Å². The highest BCUT2D eigenvalue weighted by Crippen LogP contribution is 2.14. The second-order valence-electron chi connectivity index (χ2n) is 4.60. The summed E-state index contributed by atoms with van der Waals surface area (Å²) >= 11 is 0. The van der Waals surface area contributed by atoms with Crippen molar-refractivity contribution in [2.24, 2.45) is 5.92 Å². The average molecular weight is 278 g/mol. The minimum absolute atomic E-state index is 0.00125. The van der Waals surface area contributed by atoms with Crippen LogP contribution in [0.15, 0.2) is 0 Å². The molecule has 2 unspecified atom stereocenters. The van der Waals surface area contributed by atoms with Crippen LogP contribution in [-0.2, 0) is 14.3 Å². The van der Waals surface area contributed by atoms with Crippen LogP contribution in [0.4, 0.5) is 0 Å². The molecule has 0 amide bonds. The fourth-order valence-corrected chi connectivity index (χ4v) is 1.60. The Kier molecular flexibility index (Phi) is 9.11. The largest absolute Gasteiger partial charge is 0.481 e. The predicted octanol–water partition coefficient (Wildman–Crippen LogP) is 0.220. The monoisotopic (exact) mass is 278 g/mol. The molecule has 19 heavy (non-hydrogen) atoms. The first-order valence-electron chi connectivity index (χ1n) is 6.26. The predicted molar refractivity (Wildman–Crippen MR) is 64.8 cm³/mol. The Bertz CT molecular complexity index is 277. The molecule has 0 aliphatic rings. The van der Waals surface area contributed by atoms with Crippen molar-refractivity contribution in [3.05, 3.63) is 0 Å². The van der Waals surface area contributed by atoms with E-state index < -0.39 is 24.5 Å². The lowest BCUT2D eigenvalue weighted by Crippen LogP contribution is -2.22. The molecule has 4 N–H and O–H groups in total. The fraction of sp³-hybridized carbons (Fsp3) is 0.833. The lowest BCUT2D eigenvalue weighted by Gasteiger charge is -2.17. The molecule has 0 rings (SSSR count). The summed E-state index contributed by atoms with van der Waals surface area (Å²) in [6.07, 6.45) is -1.68. The standard InChI is InChI=1S/C12H22O7/c1-8(6-10(15)16)7-12(18)19-11(17)5-3-2-4-9(13)14/h8,10,12,15-16,18H,2-7H2,1H3,(H,13,14). The number of carboxylic acid groups (broad SMARTS) is 1. The van der Waals surface area contributed by atoms with Crippen LogP contribution in [0.2, 0.25) is 0 Å². The van der Waals surface area contributed by atoms with E-state index in [1.165, 1.54) is 0 Å². The number of hydrogen-bond donors (Lipinski definition) is 4. The van der Waals surface area contributed by atoms with Crippen molar-refractivity contribution in [2.45, 2.75) is 58.0 Å². The van der Waals surface area contributed by atoms with Gasteiger partial charge < -0.3 is 25.2 Å². The number of unbranched alkanes of at least 4 members (excludes halogenated alkanes) is 1. The Labute approximate surface area is 111 Å². The highest BCUT2D eigenvalue weighted by molar-refractivity contribution is 5.69. The summed E-state index contributed by atoms with van der Waals surface area (Å²) in [6, 6.07) is 0. The number of esters is 1. The Balaban J connectivity index is 3.71. The molecule has 0 saturated heterocycles. The minimum atomic E-state index is -1.45. The van der Waals surface area contributed by atoms with Crippen LogP contribution in [0, 0.1) is 5.92 Å². The smallest absolute Gasteiger partial charge is 0.308 e. The maximum absolute atomic E-state index is 11.3. The van der Waals surface area contributed by atoms with Crippen molar-refractivity contribution in [3.8, 4) is 0 Å². The SMILES string of the molecule is CC(CC(O)O)CC(O)OC(=O)CCCCC(=O)O. The van der Waals surface area contributed by atoms with Gasteiger partial charge in [-0.2, -0.15) is 0 Å². The first kappa shape index (κ1) is 17.8. The van der Waals surface area contributed by atoms with Crippen LogP contribution in [0.25, 0.3) is 0 Å². The van der Waals surface area contributed by atoms with Gasteiger partial charge in [0.1, 0.15) is 0 Å². The fourth-order valence-electron chi connectivity index (χ4n) is 1.60. The number of aliphatic carboxylic acids is 1. The molecule has 0 aliphatic carbocycles. The molecule has 0 radical (unpaired) electrons. The van der Waals surface area contributed by atoms with E-state index in [-0.39, 0.29) is 31.6 Å². The van der Waals surface area contributed by atoms with E-state index in [0.29, 0.717) is 12.8 Å². The third-order valence-electron chi connectivity index (χ3n) is 2.51. The Morgan fingerprint density at radius 3 is 2.16 bits per heavy atom. The van der Waals surface area contributed by atoms with E-state index in [1.807, 2.05) is 0 Å². The zero-order valence-corrected chi connectivity index (χ0v) is 11.0. The molecular formula is C12H22O7. The summed E-state index contributed by atoms with van der Waals surface area (Å²) in [5.74, 6) is -1.70. The van der Waals surface area contributed by atoms with Crippen LogP contribution >= 0.6 is 0 Å². The molecule has 0 aromatic rings. The summed E-state index contributed by atoms with van der Waals surface area (Å²) in [4.78, 5) is 21.5. The molecule has 0 aromatic heterocycles. The molecule has 0 heterocycles. The molecule has 2 atom stereocenters. The van der Waals surface area contributed by atoms with E-state index in [4.69, 9.17) is 20.1 Å². The van der Waals surface area contributed by atoms with E-state index >= 15 is 0 Å². The van der Waals surface area contributed by atoms with Crippen LogP contribution in [0.3, 0.4) is 0 Å². The molecule has 7 nitrogen and oxygen atoms in total. The van der Waals surface area contributed by atoms with E-state index in [1.54, 1.807) is 6.92 Å². The minimum Gasteiger partial charge on any atom is -0.481 e. The maximum atomic E-state index is 11.3. The van der Waals surface area contributed by atoms with Crippen molar-refractivity contribution in [3.63, 3.8) is 0 Å².